The Labute approximate surface area is 118 Å². The van der Waals surface area contributed by atoms with Gasteiger partial charge in [0, 0.05) is 5.69 Å². The molecule has 0 spiro atoms. The number of rotatable bonds is 1. The Morgan fingerprint density at radius 2 is 1.89 bits per heavy atom. The van der Waals surface area contributed by atoms with Crippen LogP contribution in [0.4, 0.5) is 5.69 Å². The smallest absolute Gasteiger partial charge is 0.255 e. The molecule has 1 amide bonds. The van der Waals surface area contributed by atoms with E-state index in [1.807, 2.05) is 18.2 Å². The fraction of sp³-hybridized carbons (Fsp3) is 0.0714. The maximum Gasteiger partial charge on any atom is 0.255 e. The van der Waals surface area contributed by atoms with Crippen molar-refractivity contribution in [2.45, 2.75) is 6.17 Å². The summed E-state index contributed by atoms with van der Waals surface area (Å²) in [6.07, 6.45) is -0.306. The number of nitrogens with one attached hydrogen (secondary N) is 2. The molecule has 2 aromatic rings. The van der Waals surface area contributed by atoms with Crippen molar-refractivity contribution in [3.63, 3.8) is 0 Å². The van der Waals surface area contributed by atoms with Gasteiger partial charge in [-0.15, -0.1) is 0 Å². The minimum atomic E-state index is -0.306. The number of carbonyl (C=O) groups excluding carboxylic acids is 1. The molecule has 1 heterocycles. The first-order valence-electron chi connectivity index (χ1n) is 5.80. The largest absolute Gasteiger partial charge is 0.507 e. The molecule has 19 heavy (non-hydrogen) atoms. The Bertz CT molecular complexity index is 658. The Balaban J connectivity index is 1.96. The van der Waals surface area contributed by atoms with Crippen LogP contribution in [0.1, 0.15) is 22.1 Å². The molecule has 0 fully saturated rings. The molecular formula is C14H11BrN2O2. The minimum absolute atomic E-state index is 0.108. The molecule has 0 saturated heterocycles. The number of halogens is 1. The molecule has 3 rings (SSSR count). The SMILES string of the molecule is O=C1N[C@@H](c2ccc(O)c(Br)c2)Nc2ccccc21. The molecule has 1 aliphatic rings. The summed E-state index contributed by atoms with van der Waals surface area (Å²) < 4.78 is 0.597. The second-order valence-electron chi connectivity index (χ2n) is 4.31. The first kappa shape index (κ1) is 12.0. The zero-order valence-corrected chi connectivity index (χ0v) is 11.4. The van der Waals surface area contributed by atoms with E-state index < -0.39 is 0 Å². The Morgan fingerprint density at radius 3 is 2.68 bits per heavy atom. The molecule has 2 aromatic carbocycles. The quantitative estimate of drug-likeness (QED) is 0.757. The van der Waals surface area contributed by atoms with Crippen LogP contribution < -0.4 is 10.6 Å². The molecule has 0 unspecified atom stereocenters. The standard InChI is InChI=1S/C14H11BrN2O2/c15-10-7-8(5-6-12(10)18)13-16-11-4-2-1-3-9(11)14(19)17-13/h1-7,13,16,18H,(H,17,19)/t13-/m0/s1. The van der Waals surface area contributed by atoms with E-state index in [2.05, 4.69) is 26.6 Å². The highest BCUT2D eigenvalue weighted by Gasteiger charge is 2.24. The van der Waals surface area contributed by atoms with Crippen LogP contribution in [0.15, 0.2) is 46.9 Å². The van der Waals surface area contributed by atoms with Crippen molar-refractivity contribution < 1.29 is 9.90 Å². The third kappa shape index (κ3) is 2.17. The summed E-state index contributed by atoms with van der Waals surface area (Å²) in [6.45, 7) is 0. The number of para-hydroxylation sites is 1. The summed E-state index contributed by atoms with van der Waals surface area (Å²) in [4.78, 5) is 12.0. The van der Waals surface area contributed by atoms with Crippen molar-refractivity contribution >= 4 is 27.5 Å². The molecule has 1 aliphatic heterocycles. The Kier molecular flexibility index (Phi) is 2.91. The maximum atomic E-state index is 12.0. The van der Waals surface area contributed by atoms with E-state index in [4.69, 9.17) is 0 Å². The molecule has 5 heteroatoms. The molecule has 0 aliphatic carbocycles. The Hall–Kier alpha value is -2.01. The van der Waals surface area contributed by atoms with E-state index in [1.165, 1.54) is 0 Å². The number of anilines is 1. The highest BCUT2D eigenvalue weighted by atomic mass is 79.9. The lowest BCUT2D eigenvalue weighted by Crippen LogP contribution is -2.38. The van der Waals surface area contributed by atoms with Crippen LogP contribution in [0.5, 0.6) is 5.75 Å². The van der Waals surface area contributed by atoms with Gasteiger partial charge < -0.3 is 15.7 Å². The van der Waals surface area contributed by atoms with Gasteiger partial charge in [-0.25, -0.2) is 0 Å². The number of phenols is 1. The lowest BCUT2D eigenvalue weighted by molar-refractivity contribution is 0.0935. The van der Waals surface area contributed by atoms with Crippen molar-refractivity contribution in [3.05, 3.63) is 58.1 Å². The van der Waals surface area contributed by atoms with Gasteiger partial charge in [0.2, 0.25) is 0 Å². The van der Waals surface area contributed by atoms with E-state index in [-0.39, 0.29) is 17.8 Å². The molecule has 0 aromatic heterocycles. The van der Waals surface area contributed by atoms with Crippen LogP contribution in [-0.4, -0.2) is 11.0 Å². The van der Waals surface area contributed by atoms with Crippen molar-refractivity contribution in [2.24, 2.45) is 0 Å². The highest BCUT2D eigenvalue weighted by Crippen LogP contribution is 2.30. The molecule has 0 saturated carbocycles. The summed E-state index contributed by atoms with van der Waals surface area (Å²) in [5.41, 5.74) is 2.31. The lowest BCUT2D eigenvalue weighted by Gasteiger charge is -2.28. The molecule has 4 nitrogen and oxygen atoms in total. The fourth-order valence-corrected chi connectivity index (χ4v) is 2.47. The van der Waals surface area contributed by atoms with Crippen LogP contribution >= 0.6 is 15.9 Å². The van der Waals surface area contributed by atoms with Crippen molar-refractivity contribution in [3.8, 4) is 5.75 Å². The molecular weight excluding hydrogens is 308 g/mol. The highest BCUT2D eigenvalue weighted by molar-refractivity contribution is 9.10. The van der Waals surface area contributed by atoms with Gasteiger partial charge in [-0.1, -0.05) is 18.2 Å². The second-order valence-corrected chi connectivity index (χ2v) is 5.16. The van der Waals surface area contributed by atoms with Gasteiger partial charge in [0.05, 0.1) is 10.0 Å². The van der Waals surface area contributed by atoms with E-state index in [0.717, 1.165) is 11.3 Å². The normalized spacial score (nSPS) is 17.3. The molecule has 0 radical (unpaired) electrons. The Morgan fingerprint density at radius 1 is 1.11 bits per heavy atom. The van der Waals surface area contributed by atoms with Gasteiger partial charge in [0.1, 0.15) is 11.9 Å². The van der Waals surface area contributed by atoms with E-state index in [1.54, 1.807) is 24.3 Å². The predicted octanol–water partition coefficient (Wildman–Crippen LogP) is 3.01. The number of amides is 1. The lowest BCUT2D eigenvalue weighted by atomic mass is 10.1. The fourth-order valence-electron chi connectivity index (χ4n) is 2.08. The molecule has 1 atom stereocenters. The zero-order chi connectivity index (χ0) is 13.4. The number of fused-ring (bicyclic) bond motifs is 1. The van der Waals surface area contributed by atoms with Crippen molar-refractivity contribution in [2.75, 3.05) is 5.32 Å². The third-order valence-corrected chi connectivity index (χ3v) is 3.69. The van der Waals surface area contributed by atoms with Crippen LogP contribution in [0.3, 0.4) is 0 Å². The van der Waals surface area contributed by atoms with E-state index in [9.17, 15) is 9.90 Å². The number of benzene rings is 2. The molecule has 3 N–H and O–H groups in total. The third-order valence-electron chi connectivity index (χ3n) is 3.05. The summed E-state index contributed by atoms with van der Waals surface area (Å²) in [7, 11) is 0. The molecule has 0 bridgehead atoms. The van der Waals surface area contributed by atoms with E-state index >= 15 is 0 Å². The van der Waals surface area contributed by atoms with Crippen molar-refractivity contribution in [1.29, 1.82) is 0 Å². The number of hydrogen-bond acceptors (Lipinski definition) is 3. The summed E-state index contributed by atoms with van der Waals surface area (Å²) in [5, 5.41) is 15.6. The van der Waals surface area contributed by atoms with Crippen LogP contribution in [-0.2, 0) is 0 Å². The van der Waals surface area contributed by atoms with Crippen LogP contribution in [0, 0.1) is 0 Å². The first-order chi connectivity index (χ1) is 9.15. The first-order valence-corrected chi connectivity index (χ1v) is 6.59. The number of phenolic OH excluding ortho intramolecular Hbond substituents is 1. The number of hydrogen-bond donors (Lipinski definition) is 3. The van der Waals surface area contributed by atoms with E-state index in [0.29, 0.717) is 10.0 Å². The van der Waals surface area contributed by atoms with Crippen LogP contribution in [0.25, 0.3) is 0 Å². The van der Waals surface area contributed by atoms with Gasteiger partial charge in [-0.2, -0.15) is 0 Å². The average molecular weight is 319 g/mol. The number of carbonyl (C=O) groups is 1. The maximum absolute atomic E-state index is 12.0. The predicted molar refractivity (Wildman–Crippen MR) is 76.1 cm³/mol. The second kappa shape index (κ2) is 4.59. The van der Waals surface area contributed by atoms with Gasteiger partial charge in [-0.05, 0) is 45.8 Å². The summed E-state index contributed by atoms with van der Waals surface area (Å²) >= 11 is 3.27. The van der Waals surface area contributed by atoms with Crippen LogP contribution in [0.2, 0.25) is 0 Å². The van der Waals surface area contributed by atoms with Gasteiger partial charge in [0.25, 0.3) is 5.91 Å². The zero-order valence-electron chi connectivity index (χ0n) is 9.85. The summed E-state index contributed by atoms with van der Waals surface area (Å²) in [5.74, 6) is 0.0647. The topological polar surface area (TPSA) is 61.4 Å². The molecule has 96 valence electrons. The minimum Gasteiger partial charge on any atom is -0.507 e. The summed E-state index contributed by atoms with van der Waals surface area (Å²) in [6, 6.07) is 12.5. The number of aromatic hydroxyl groups is 1. The van der Waals surface area contributed by atoms with Gasteiger partial charge in [0.15, 0.2) is 0 Å². The van der Waals surface area contributed by atoms with Crippen molar-refractivity contribution in [1.82, 2.24) is 5.32 Å². The monoisotopic (exact) mass is 318 g/mol. The average Bonchev–Trinajstić information content (AvgIpc) is 2.42. The van der Waals surface area contributed by atoms with Gasteiger partial charge in [-0.3, -0.25) is 4.79 Å². The van der Waals surface area contributed by atoms with Gasteiger partial charge >= 0.3 is 0 Å².